The van der Waals surface area contributed by atoms with E-state index >= 15 is 0 Å². The molecule has 5 heteroatoms. The molecule has 0 unspecified atom stereocenters. The van der Waals surface area contributed by atoms with E-state index in [2.05, 4.69) is 10.1 Å². The highest BCUT2D eigenvalue weighted by Gasteiger charge is 2.06. The second-order valence-corrected chi connectivity index (χ2v) is 4.23. The molecular weight excluding hydrogens is 231 g/mol. The Bertz CT molecular complexity index is 504. The number of aromatic nitrogens is 3. The molecule has 0 radical (unpaired) electrons. The Balaban J connectivity index is 1.97. The summed E-state index contributed by atoms with van der Waals surface area (Å²) < 4.78 is 14.5. The van der Waals surface area contributed by atoms with Gasteiger partial charge in [0.25, 0.3) is 0 Å². The molecule has 0 saturated heterocycles. The molecule has 0 fully saturated rings. The van der Waals surface area contributed by atoms with Crippen molar-refractivity contribution in [3.8, 4) is 0 Å². The van der Waals surface area contributed by atoms with Gasteiger partial charge >= 0.3 is 0 Å². The van der Waals surface area contributed by atoms with Crippen LogP contribution in [0.5, 0.6) is 0 Å². The molecule has 18 heavy (non-hydrogen) atoms. The summed E-state index contributed by atoms with van der Waals surface area (Å²) in [6.45, 7) is 0.573. The molecule has 0 amide bonds. The van der Waals surface area contributed by atoms with Gasteiger partial charge in [-0.2, -0.15) is 5.10 Å². The molecule has 0 atom stereocenters. The highest BCUT2D eigenvalue weighted by Crippen LogP contribution is 2.07. The van der Waals surface area contributed by atoms with Crippen LogP contribution in [0, 0.1) is 5.82 Å². The molecule has 0 saturated carbocycles. The molecule has 2 aromatic rings. The van der Waals surface area contributed by atoms with Gasteiger partial charge in [-0.25, -0.2) is 9.37 Å². The summed E-state index contributed by atoms with van der Waals surface area (Å²) in [5.74, 6) is 1.51. The van der Waals surface area contributed by atoms with Crippen LogP contribution in [0.2, 0.25) is 0 Å². The summed E-state index contributed by atoms with van der Waals surface area (Å²) in [5.41, 5.74) is 6.59. The first-order valence-corrected chi connectivity index (χ1v) is 6.02. The summed E-state index contributed by atoms with van der Waals surface area (Å²) in [6.07, 6.45) is 2.30. The molecule has 1 aromatic carbocycles. The molecule has 0 spiro atoms. The molecule has 2 rings (SSSR count). The van der Waals surface area contributed by atoms with Gasteiger partial charge in [-0.15, -0.1) is 0 Å². The minimum Gasteiger partial charge on any atom is -0.330 e. The van der Waals surface area contributed by atoms with Gasteiger partial charge < -0.3 is 5.73 Å². The van der Waals surface area contributed by atoms with Gasteiger partial charge in [-0.05, 0) is 30.7 Å². The van der Waals surface area contributed by atoms with E-state index in [9.17, 15) is 4.39 Å². The molecule has 1 aromatic heterocycles. The van der Waals surface area contributed by atoms with Crippen LogP contribution >= 0.6 is 0 Å². The molecule has 1 heterocycles. The van der Waals surface area contributed by atoms with Crippen LogP contribution < -0.4 is 5.73 Å². The summed E-state index contributed by atoms with van der Waals surface area (Å²) >= 11 is 0. The number of rotatable bonds is 5. The Morgan fingerprint density at radius 2 is 1.89 bits per heavy atom. The average Bonchev–Trinajstić information content (AvgIpc) is 2.70. The first kappa shape index (κ1) is 12.7. The maximum Gasteiger partial charge on any atom is 0.151 e. The fraction of sp³-hybridized carbons (Fsp3) is 0.385. The van der Waals surface area contributed by atoms with E-state index in [0.29, 0.717) is 6.54 Å². The molecule has 4 nitrogen and oxygen atoms in total. The number of nitrogens with zero attached hydrogens (tertiary/aromatic N) is 3. The fourth-order valence-electron chi connectivity index (χ4n) is 1.83. The molecule has 0 aliphatic heterocycles. The van der Waals surface area contributed by atoms with Crippen LogP contribution in [0.3, 0.4) is 0 Å². The van der Waals surface area contributed by atoms with Gasteiger partial charge in [0.2, 0.25) is 0 Å². The van der Waals surface area contributed by atoms with Crippen molar-refractivity contribution in [1.29, 1.82) is 0 Å². The van der Waals surface area contributed by atoms with Crippen LogP contribution in [0.1, 0.15) is 17.2 Å². The summed E-state index contributed by atoms with van der Waals surface area (Å²) in [7, 11) is 1.87. The predicted molar refractivity (Wildman–Crippen MR) is 67.6 cm³/mol. The van der Waals surface area contributed by atoms with E-state index in [4.69, 9.17) is 5.73 Å². The van der Waals surface area contributed by atoms with Crippen molar-refractivity contribution >= 4 is 0 Å². The number of hydrogen-bond acceptors (Lipinski definition) is 3. The monoisotopic (exact) mass is 248 g/mol. The smallest absolute Gasteiger partial charge is 0.151 e. The zero-order valence-electron chi connectivity index (χ0n) is 10.4. The zero-order chi connectivity index (χ0) is 13.0. The number of nitrogens with two attached hydrogens (primary N) is 1. The van der Waals surface area contributed by atoms with E-state index in [1.807, 2.05) is 7.05 Å². The topological polar surface area (TPSA) is 56.7 Å². The first-order valence-electron chi connectivity index (χ1n) is 6.02. The third kappa shape index (κ3) is 3.13. The molecular formula is C13H17FN4. The van der Waals surface area contributed by atoms with Crippen LogP contribution in [-0.2, 0) is 26.3 Å². The minimum atomic E-state index is -0.208. The standard InChI is InChI=1S/C13H17FN4/c1-18-13(8-9-15)16-12(17-18)7-4-10-2-5-11(14)6-3-10/h2-3,5-6H,4,7-9,15H2,1H3. The minimum absolute atomic E-state index is 0.208. The summed E-state index contributed by atoms with van der Waals surface area (Å²) in [4.78, 5) is 4.43. The SMILES string of the molecule is Cn1nc(CCc2ccc(F)cc2)nc1CCN. The van der Waals surface area contributed by atoms with Crippen molar-refractivity contribution in [2.45, 2.75) is 19.3 Å². The van der Waals surface area contributed by atoms with Gasteiger partial charge in [0.05, 0.1) is 0 Å². The second kappa shape index (κ2) is 5.73. The Labute approximate surface area is 106 Å². The number of aryl methyl sites for hydroxylation is 3. The fourth-order valence-corrected chi connectivity index (χ4v) is 1.83. The van der Waals surface area contributed by atoms with Crippen LogP contribution in [0.15, 0.2) is 24.3 Å². The van der Waals surface area contributed by atoms with Crippen LogP contribution in [0.25, 0.3) is 0 Å². The van der Waals surface area contributed by atoms with Crippen molar-refractivity contribution in [2.75, 3.05) is 6.54 Å². The second-order valence-electron chi connectivity index (χ2n) is 4.23. The Hall–Kier alpha value is -1.75. The van der Waals surface area contributed by atoms with E-state index in [0.717, 1.165) is 36.5 Å². The Morgan fingerprint density at radius 3 is 2.56 bits per heavy atom. The van der Waals surface area contributed by atoms with E-state index < -0.39 is 0 Å². The van der Waals surface area contributed by atoms with Crippen molar-refractivity contribution in [2.24, 2.45) is 12.8 Å². The molecule has 0 bridgehead atoms. The molecule has 0 aliphatic rings. The van der Waals surface area contributed by atoms with Crippen LogP contribution in [0.4, 0.5) is 4.39 Å². The van der Waals surface area contributed by atoms with Gasteiger partial charge in [0, 0.05) is 19.9 Å². The number of benzene rings is 1. The van der Waals surface area contributed by atoms with Gasteiger partial charge in [-0.3, -0.25) is 4.68 Å². The lowest BCUT2D eigenvalue weighted by Gasteiger charge is -1.98. The van der Waals surface area contributed by atoms with Gasteiger partial charge in [0.1, 0.15) is 11.6 Å². The van der Waals surface area contributed by atoms with Crippen molar-refractivity contribution < 1.29 is 4.39 Å². The van der Waals surface area contributed by atoms with Crippen molar-refractivity contribution in [3.05, 3.63) is 47.3 Å². The maximum atomic E-state index is 12.8. The third-order valence-corrected chi connectivity index (χ3v) is 2.82. The summed E-state index contributed by atoms with van der Waals surface area (Å²) in [5, 5.41) is 4.34. The molecule has 96 valence electrons. The lowest BCUT2D eigenvalue weighted by molar-refractivity contribution is 0.627. The van der Waals surface area contributed by atoms with E-state index in [1.54, 1.807) is 16.8 Å². The zero-order valence-corrected chi connectivity index (χ0v) is 10.4. The van der Waals surface area contributed by atoms with E-state index in [1.165, 1.54) is 12.1 Å². The lowest BCUT2D eigenvalue weighted by atomic mass is 10.1. The highest BCUT2D eigenvalue weighted by atomic mass is 19.1. The maximum absolute atomic E-state index is 12.8. The van der Waals surface area contributed by atoms with Crippen LogP contribution in [-0.4, -0.2) is 21.3 Å². The molecule has 2 N–H and O–H groups in total. The number of halogens is 1. The largest absolute Gasteiger partial charge is 0.330 e. The normalized spacial score (nSPS) is 10.8. The Morgan fingerprint density at radius 1 is 1.17 bits per heavy atom. The van der Waals surface area contributed by atoms with E-state index in [-0.39, 0.29) is 5.82 Å². The van der Waals surface area contributed by atoms with Gasteiger partial charge in [-0.1, -0.05) is 12.1 Å². The average molecular weight is 248 g/mol. The quantitative estimate of drug-likeness (QED) is 0.866. The van der Waals surface area contributed by atoms with Crippen molar-refractivity contribution in [3.63, 3.8) is 0 Å². The first-order chi connectivity index (χ1) is 8.69. The van der Waals surface area contributed by atoms with Crippen molar-refractivity contribution in [1.82, 2.24) is 14.8 Å². The highest BCUT2D eigenvalue weighted by molar-refractivity contribution is 5.16. The van der Waals surface area contributed by atoms with Gasteiger partial charge in [0.15, 0.2) is 5.82 Å². The third-order valence-electron chi connectivity index (χ3n) is 2.82. The lowest BCUT2D eigenvalue weighted by Crippen LogP contribution is -2.08. The number of hydrogen-bond donors (Lipinski definition) is 1. The Kier molecular flexibility index (Phi) is 4.04. The molecule has 0 aliphatic carbocycles. The predicted octanol–water partition coefficient (Wildman–Crippen LogP) is 1.24. The summed E-state index contributed by atoms with van der Waals surface area (Å²) in [6, 6.07) is 6.53.